The molecule has 0 aliphatic carbocycles. The van der Waals surface area contributed by atoms with Crippen molar-refractivity contribution in [1.29, 1.82) is 0 Å². The summed E-state index contributed by atoms with van der Waals surface area (Å²) < 4.78 is 0. The molecule has 3 amide bonds. The third-order valence-electron chi connectivity index (χ3n) is 4.24. The monoisotopic (exact) mass is 387 g/mol. The summed E-state index contributed by atoms with van der Waals surface area (Å²) in [6.07, 6.45) is 0.775. The van der Waals surface area contributed by atoms with Crippen LogP contribution in [0.25, 0.3) is 0 Å². The van der Waals surface area contributed by atoms with Gasteiger partial charge in [-0.15, -0.1) is 11.3 Å². The summed E-state index contributed by atoms with van der Waals surface area (Å²) in [6.45, 7) is 7.57. The highest BCUT2D eigenvalue weighted by Crippen LogP contribution is 2.28. The lowest BCUT2D eigenvalue weighted by Crippen LogP contribution is -2.36. The van der Waals surface area contributed by atoms with Crippen molar-refractivity contribution in [3.8, 4) is 0 Å². The van der Waals surface area contributed by atoms with Crippen LogP contribution in [0, 0.1) is 6.92 Å². The summed E-state index contributed by atoms with van der Waals surface area (Å²) in [6, 6.07) is 7.58. The molecule has 2 heterocycles. The van der Waals surface area contributed by atoms with Gasteiger partial charge >= 0.3 is 6.03 Å². The Kier molecular flexibility index (Phi) is 6.08. The number of amides is 3. The first-order chi connectivity index (χ1) is 12.9. The van der Waals surface area contributed by atoms with Gasteiger partial charge in [-0.2, -0.15) is 0 Å². The number of hydrogen-bond donors (Lipinski definition) is 3. The minimum absolute atomic E-state index is 0.0214. The lowest BCUT2D eigenvalue weighted by atomic mass is 10.1. The molecule has 144 valence electrons. The first-order valence-corrected chi connectivity index (χ1v) is 9.86. The zero-order chi connectivity index (χ0) is 19.4. The molecule has 1 aromatic carbocycles. The number of thiazole rings is 1. The van der Waals surface area contributed by atoms with Gasteiger partial charge in [0.25, 0.3) is 0 Å². The Morgan fingerprint density at radius 3 is 2.78 bits per heavy atom. The standard InChI is InChI=1S/C19H25N5O2S/c1-12(2)20-18(26)23-19-22-15-8-9-24(10-16(15)27-19)11-17(25)21-14-7-5-4-6-13(14)3/h4-7,12H,8-11H2,1-3H3,(H,21,25)(H2,20,22,23,26). The summed E-state index contributed by atoms with van der Waals surface area (Å²) in [5, 5.41) is 9.15. The van der Waals surface area contributed by atoms with Crippen LogP contribution in [0.4, 0.5) is 15.6 Å². The molecule has 8 heteroatoms. The van der Waals surface area contributed by atoms with Gasteiger partial charge in [-0.25, -0.2) is 9.78 Å². The molecule has 0 radical (unpaired) electrons. The van der Waals surface area contributed by atoms with Crippen LogP contribution in [-0.2, 0) is 17.8 Å². The number of anilines is 2. The van der Waals surface area contributed by atoms with E-state index in [0.717, 1.165) is 34.8 Å². The van der Waals surface area contributed by atoms with Gasteiger partial charge in [0.05, 0.1) is 12.2 Å². The highest BCUT2D eigenvalue weighted by atomic mass is 32.1. The summed E-state index contributed by atoms with van der Waals surface area (Å²) in [4.78, 5) is 31.9. The lowest BCUT2D eigenvalue weighted by Gasteiger charge is -2.25. The number of hydrogen-bond acceptors (Lipinski definition) is 5. The van der Waals surface area contributed by atoms with Crippen LogP contribution < -0.4 is 16.0 Å². The summed E-state index contributed by atoms with van der Waals surface area (Å²) in [5.74, 6) is -0.0214. The maximum atomic E-state index is 12.4. The van der Waals surface area contributed by atoms with Gasteiger partial charge in [-0.3, -0.25) is 15.0 Å². The zero-order valence-corrected chi connectivity index (χ0v) is 16.7. The molecule has 0 fully saturated rings. The molecule has 1 aliphatic rings. The van der Waals surface area contributed by atoms with Crippen LogP contribution in [0.1, 0.15) is 30.0 Å². The maximum absolute atomic E-state index is 12.4. The quantitative estimate of drug-likeness (QED) is 0.736. The van der Waals surface area contributed by atoms with E-state index in [0.29, 0.717) is 18.2 Å². The Labute approximate surface area is 163 Å². The highest BCUT2D eigenvalue weighted by Gasteiger charge is 2.23. The number of urea groups is 1. The number of para-hydroxylation sites is 1. The smallest absolute Gasteiger partial charge is 0.321 e. The Balaban J connectivity index is 1.56. The fraction of sp³-hybridized carbons (Fsp3) is 0.421. The van der Waals surface area contributed by atoms with Crippen LogP contribution in [-0.4, -0.2) is 41.0 Å². The molecule has 27 heavy (non-hydrogen) atoms. The number of nitrogens with zero attached hydrogens (tertiary/aromatic N) is 2. The van der Waals surface area contributed by atoms with Crippen LogP contribution in [0.5, 0.6) is 0 Å². The number of carbonyl (C=O) groups is 2. The maximum Gasteiger partial charge on any atom is 0.321 e. The second-order valence-corrected chi connectivity index (χ2v) is 8.05. The van der Waals surface area contributed by atoms with Gasteiger partial charge in [-0.1, -0.05) is 18.2 Å². The minimum Gasteiger partial charge on any atom is -0.336 e. The third-order valence-corrected chi connectivity index (χ3v) is 5.23. The number of rotatable bonds is 5. The van der Waals surface area contributed by atoms with Crippen molar-refractivity contribution in [2.75, 3.05) is 23.7 Å². The van der Waals surface area contributed by atoms with Crippen molar-refractivity contribution in [1.82, 2.24) is 15.2 Å². The van der Waals surface area contributed by atoms with E-state index in [1.54, 1.807) is 0 Å². The van der Waals surface area contributed by atoms with Crippen LogP contribution >= 0.6 is 11.3 Å². The molecule has 2 aromatic rings. The lowest BCUT2D eigenvalue weighted by molar-refractivity contribution is -0.117. The van der Waals surface area contributed by atoms with Crippen molar-refractivity contribution in [2.45, 2.75) is 39.8 Å². The van der Waals surface area contributed by atoms with Gasteiger partial charge in [0.2, 0.25) is 5.91 Å². The van der Waals surface area contributed by atoms with Crippen molar-refractivity contribution >= 4 is 34.1 Å². The van der Waals surface area contributed by atoms with E-state index in [1.165, 1.54) is 11.3 Å². The Hall–Kier alpha value is -2.45. The predicted molar refractivity (Wildman–Crippen MR) is 108 cm³/mol. The predicted octanol–water partition coefficient (Wildman–Crippen LogP) is 2.98. The zero-order valence-electron chi connectivity index (χ0n) is 15.8. The number of carbonyl (C=O) groups excluding carboxylic acids is 2. The fourth-order valence-corrected chi connectivity index (χ4v) is 3.98. The van der Waals surface area contributed by atoms with E-state index >= 15 is 0 Å². The first kappa shape index (κ1) is 19.3. The van der Waals surface area contributed by atoms with E-state index in [2.05, 4.69) is 25.8 Å². The Morgan fingerprint density at radius 1 is 1.26 bits per heavy atom. The largest absolute Gasteiger partial charge is 0.336 e. The minimum atomic E-state index is -0.245. The first-order valence-electron chi connectivity index (χ1n) is 9.04. The van der Waals surface area contributed by atoms with Gasteiger partial charge in [0.1, 0.15) is 0 Å². The molecule has 0 saturated carbocycles. The van der Waals surface area contributed by atoms with E-state index < -0.39 is 0 Å². The van der Waals surface area contributed by atoms with Crippen LogP contribution in [0.3, 0.4) is 0 Å². The molecular weight excluding hydrogens is 362 g/mol. The molecule has 0 bridgehead atoms. The van der Waals surface area contributed by atoms with E-state index in [-0.39, 0.29) is 18.0 Å². The fourth-order valence-electron chi connectivity index (χ4n) is 2.94. The Bertz CT molecular complexity index is 833. The van der Waals surface area contributed by atoms with Crippen LogP contribution in [0.15, 0.2) is 24.3 Å². The van der Waals surface area contributed by atoms with Gasteiger partial charge in [-0.05, 0) is 32.4 Å². The number of nitrogens with one attached hydrogen (secondary N) is 3. The normalized spacial score (nSPS) is 13.9. The van der Waals surface area contributed by atoms with Crippen molar-refractivity contribution < 1.29 is 9.59 Å². The van der Waals surface area contributed by atoms with E-state index in [1.807, 2.05) is 45.0 Å². The molecule has 0 atom stereocenters. The van der Waals surface area contributed by atoms with Gasteiger partial charge in [0, 0.05) is 36.1 Å². The van der Waals surface area contributed by atoms with E-state index in [9.17, 15) is 9.59 Å². The van der Waals surface area contributed by atoms with Gasteiger partial charge < -0.3 is 10.6 Å². The molecule has 1 aromatic heterocycles. The molecule has 3 N–H and O–H groups in total. The molecule has 0 saturated heterocycles. The third kappa shape index (κ3) is 5.27. The second-order valence-electron chi connectivity index (χ2n) is 6.97. The van der Waals surface area contributed by atoms with Crippen LogP contribution in [0.2, 0.25) is 0 Å². The average Bonchev–Trinajstić information content (AvgIpc) is 2.97. The van der Waals surface area contributed by atoms with Crippen molar-refractivity contribution in [3.05, 3.63) is 40.4 Å². The summed E-state index contributed by atoms with van der Waals surface area (Å²) in [5.41, 5.74) is 2.90. The number of aryl methyl sites for hydroxylation is 1. The average molecular weight is 388 g/mol. The van der Waals surface area contributed by atoms with E-state index in [4.69, 9.17) is 0 Å². The summed E-state index contributed by atoms with van der Waals surface area (Å²) >= 11 is 1.47. The molecule has 0 unspecified atom stereocenters. The van der Waals surface area contributed by atoms with Gasteiger partial charge in [0.15, 0.2) is 5.13 Å². The number of benzene rings is 1. The SMILES string of the molecule is Cc1ccccc1NC(=O)CN1CCc2nc(NC(=O)NC(C)C)sc2C1. The molecular formula is C19H25N5O2S. The molecule has 7 nitrogen and oxygen atoms in total. The molecule has 0 spiro atoms. The Morgan fingerprint density at radius 2 is 2.04 bits per heavy atom. The van der Waals surface area contributed by atoms with Crippen molar-refractivity contribution in [3.63, 3.8) is 0 Å². The topological polar surface area (TPSA) is 86.4 Å². The number of fused-ring (bicyclic) bond motifs is 1. The number of aromatic nitrogens is 1. The summed E-state index contributed by atoms with van der Waals surface area (Å²) in [7, 11) is 0. The van der Waals surface area contributed by atoms with Crippen molar-refractivity contribution in [2.24, 2.45) is 0 Å². The second kappa shape index (κ2) is 8.49. The molecule has 1 aliphatic heterocycles. The molecule has 3 rings (SSSR count). The highest BCUT2D eigenvalue weighted by molar-refractivity contribution is 7.15.